The normalized spacial score (nSPS) is 12.1. The van der Waals surface area contributed by atoms with E-state index in [4.69, 9.17) is 0 Å². The van der Waals surface area contributed by atoms with Crippen molar-refractivity contribution in [3.05, 3.63) is 54.0 Å². The number of fused-ring (bicyclic) bond motifs is 1. The Morgan fingerprint density at radius 2 is 1.93 bits per heavy atom. The van der Waals surface area contributed by atoms with E-state index in [0.29, 0.717) is 12.5 Å². The summed E-state index contributed by atoms with van der Waals surface area (Å²) in [7, 11) is 3.06. The summed E-state index contributed by atoms with van der Waals surface area (Å²) in [6.07, 6.45) is -0.214. The molecule has 6 nitrogen and oxygen atoms in total. The summed E-state index contributed by atoms with van der Waals surface area (Å²) in [5.74, 6) is 0.453. The van der Waals surface area contributed by atoms with Crippen LogP contribution in [0.1, 0.15) is 17.7 Å². The van der Waals surface area contributed by atoms with Gasteiger partial charge in [0.2, 0.25) is 0 Å². The van der Waals surface area contributed by atoms with Gasteiger partial charge in [-0.2, -0.15) is 18.3 Å². The second-order valence-corrected chi connectivity index (χ2v) is 6.45. The number of aryl methyl sites for hydroxylation is 2. The number of hydrogen-bond acceptors (Lipinski definition) is 2. The average Bonchev–Trinajstić information content (AvgIpc) is 3.24. The van der Waals surface area contributed by atoms with Crippen molar-refractivity contribution < 1.29 is 13.2 Å². The van der Waals surface area contributed by atoms with Gasteiger partial charge in [0.1, 0.15) is 0 Å². The Kier molecular flexibility index (Phi) is 7.94. The minimum atomic E-state index is -4.48. The van der Waals surface area contributed by atoms with Crippen molar-refractivity contribution in [1.82, 2.24) is 25.0 Å². The van der Waals surface area contributed by atoms with E-state index in [1.165, 1.54) is 24.1 Å². The van der Waals surface area contributed by atoms with E-state index in [-0.39, 0.29) is 36.1 Å². The first kappa shape index (κ1) is 23.0. The predicted molar refractivity (Wildman–Crippen MR) is 118 cm³/mol. The molecule has 0 bridgehead atoms. The van der Waals surface area contributed by atoms with Gasteiger partial charge in [-0.05, 0) is 23.9 Å². The number of rotatable bonds is 6. The van der Waals surface area contributed by atoms with Crippen molar-refractivity contribution >= 4 is 40.8 Å². The monoisotopic (exact) mass is 520 g/mol. The van der Waals surface area contributed by atoms with Crippen LogP contribution in [0.3, 0.4) is 0 Å². The number of nitrogens with zero attached hydrogens (tertiary/aromatic N) is 4. The fraction of sp³-hybridized carbons (Fsp3) is 0.368. The lowest BCUT2D eigenvalue weighted by atomic mass is 10.2. The summed E-state index contributed by atoms with van der Waals surface area (Å²) < 4.78 is 42.4. The van der Waals surface area contributed by atoms with Crippen LogP contribution in [0.5, 0.6) is 0 Å². The zero-order chi connectivity index (χ0) is 20.1. The summed E-state index contributed by atoms with van der Waals surface area (Å²) in [5.41, 5.74) is 0.385. The Labute approximate surface area is 184 Å². The van der Waals surface area contributed by atoms with Crippen LogP contribution in [0.25, 0.3) is 10.9 Å². The van der Waals surface area contributed by atoms with Gasteiger partial charge in [-0.1, -0.05) is 18.2 Å². The van der Waals surface area contributed by atoms with E-state index in [1.54, 1.807) is 7.05 Å². The molecule has 3 aromatic rings. The highest BCUT2D eigenvalue weighted by Gasteiger charge is 2.36. The number of aliphatic imine (C=N–C) groups is 1. The smallest absolute Gasteiger partial charge is 0.356 e. The predicted octanol–water partition coefficient (Wildman–Crippen LogP) is 3.77. The minimum Gasteiger partial charge on any atom is -0.356 e. The molecule has 2 aromatic heterocycles. The third-order valence-corrected chi connectivity index (χ3v) is 4.39. The highest BCUT2D eigenvalue weighted by atomic mass is 127. The van der Waals surface area contributed by atoms with Crippen molar-refractivity contribution in [2.24, 2.45) is 12.0 Å². The molecule has 0 aliphatic heterocycles. The molecule has 158 valence electrons. The Hall–Kier alpha value is -2.24. The van der Waals surface area contributed by atoms with Gasteiger partial charge < -0.3 is 15.2 Å². The molecular weight excluding hydrogens is 496 g/mol. The van der Waals surface area contributed by atoms with Gasteiger partial charge in [0.05, 0.1) is 0 Å². The topological polar surface area (TPSA) is 59.2 Å². The fourth-order valence-electron chi connectivity index (χ4n) is 3.10. The fourth-order valence-corrected chi connectivity index (χ4v) is 3.10. The molecule has 0 radical (unpaired) electrons. The Bertz CT molecular complexity index is 960. The van der Waals surface area contributed by atoms with Gasteiger partial charge in [-0.15, -0.1) is 24.0 Å². The molecule has 0 aliphatic carbocycles. The lowest BCUT2D eigenvalue weighted by Crippen LogP contribution is -2.37. The maximum atomic E-state index is 13.0. The SMILES string of the molecule is CN=C(NCCCn1ccc2ccccc21)NCc1cn(C)nc1C(F)(F)F.I. The molecule has 1 aromatic carbocycles. The molecule has 2 heterocycles. The molecule has 3 rings (SSSR count). The lowest BCUT2D eigenvalue weighted by molar-refractivity contribution is -0.142. The third-order valence-electron chi connectivity index (χ3n) is 4.39. The van der Waals surface area contributed by atoms with Crippen LogP contribution < -0.4 is 10.6 Å². The lowest BCUT2D eigenvalue weighted by Gasteiger charge is -2.13. The van der Waals surface area contributed by atoms with Crippen molar-refractivity contribution in [3.8, 4) is 0 Å². The van der Waals surface area contributed by atoms with Gasteiger partial charge in [-0.3, -0.25) is 9.67 Å². The number of halogens is 4. The van der Waals surface area contributed by atoms with E-state index in [0.717, 1.165) is 17.6 Å². The maximum absolute atomic E-state index is 13.0. The van der Waals surface area contributed by atoms with E-state index in [9.17, 15) is 13.2 Å². The first-order chi connectivity index (χ1) is 13.4. The number of alkyl halides is 3. The number of guanidine groups is 1. The summed E-state index contributed by atoms with van der Waals surface area (Å²) in [6.45, 7) is 1.47. The molecule has 0 saturated heterocycles. The number of hydrogen-bond donors (Lipinski definition) is 2. The summed E-state index contributed by atoms with van der Waals surface area (Å²) >= 11 is 0. The van der Waals surface area contributed by atoms with Gasteiger partial charge in [0.25, 0.3) is 0 Å². The summed E-state index contributed by atoms with van der Waals surface area (Å²) in [4.78, 5) is 4.07. The summed E-state index contributed by atoms with van der Waals surface area (Å²) in [6, 6.07) is 10.3. The standard InChI is InChI=1S/C19H23F3N6.HI/c1-23-18(25-12-15-13-27(2)26-17(15)19(20,21)22)24-9-5-10-28-11-8-14-6-3-4-7-16(14)28;/h3-4,6-8,11,13H,5,9-10,12H2,1-2H3,(H2,23,24,25);1H. The Morgan fingerprint density at radius 1 is 1.17 bits per heavy atom. The van der Waals surface area contributed by atoms with E-state index < -0.39 is 11.9 Å². The first-order valence-corrected chi connectivity index (χ1v) is 8.96. The maximum Gasteiger partial charge on any atom is 0.435 e. The molecule has 10 heteroatoms. The molecule has 0 amide bonds. The van der Waals surface area contributed by atoms with Crippen LogP contribution in [-0.4, -0.2) is 33.9 Å². The van der Waals surface area contributed by atoms with Crippen molar-refractivity contribution in [2.45, 2.75) is 25.7 Å². The first-order valence-electron chi connectivity index (χ1n) is 8.96. The molecule has 0 unspecified atom stereocenters. The van der Waals surface area contributed by atoms with Crippen LogP contribution in [-0.2, 0) is 26.3 Å². The van der Waals surface area contributed by atoms with Crippen molar-refractivity contribution in [2.75, 3.05) is 13.6 Å². The van der Waals surface area contributed by atoms with Crippen LogP contribution in [0.15, 0.2) is 47.7 Å². The molecule has 0 atom stereocenters. The van der Waals surface area contributed by atoms with Crippen LogP contribution in [0, 0.1) is 0 Å². The van der Waals surface area contributed by atoms with E-state index in [2.05, 4.69) is 49.7 Å². The van der Waals surface area contributed by atoms with Gasteiger partial charge in [0, 0.05) is 57.2 Å². The molecule has 0 spiro atoms. The zero-order valence-corrected chi connectivity index (χ0v) is 18.5. The second kappa shape index (κ2) is 9.99. The Balaban J connectivity index is 0.00000300. The van der Waals surface area contributed by atoms with E-state index >= 15 is 0 Å². The van der Waals surface area contributed by atoms with Gasteiger partial charge in [0.15, 0.2) is 11.7 Å². The van der Waals surface area contributed by atoms with Crippen molar-refractivity contribution in [3.63, 3.8) is 0 Å². The molecular formula is C19H24F3IN6. The molecule has 0 saturated carbocycles. The van der Waals surface area contributed by atoms with Gasteiger partial charge in [-0.25, -0.2) is 0 Å². The van der Waals surface area contributed by atoms with Crippen LogP contribution >= 0.6 is 24.0 Å². The van der Waals surface area contributed by atoms with Gasteiger partial charge >= 0.3 is 6.18 Å². The average molecular weight is 520 g/mol. The number of aromatic nitrogens is 3. The molecule has 29 heavy (non-hydrogen) atoms. The zero-order valence-electron chi connectivity index (χ0n) is 16.2. The molecule has 0 fully saturated rings. The minimum absolute atomic E-state index is 0. The number of para-hydroxylation sites is 1. The quantitative estimate of drug-likeness (QED) is 0.225. The van der Waals surface area contributed by atoms with Crippen LogP contribution in [0.2, 0.25) is 0 Å². The number of benzene rings is 1. The van der Waals surface area contributed by atoms with E-state index in [1.807, 2.05) is 12.1 Å². The van der Waals surface area contributed by atoms with Crippen LogP contribution in [0.4, 0.5) is 13.2 Å². The summed E-state index contributed by atoms with van der Waals surface area (Å²) in [5, 5.41) is 10.7. The second-order valence-electron chi connectivity index (χ2n) is 6.45. The number of nitrogens with one attached hydrogen (secondary N) is 2. The highest BCUT2D eigenvalue weighted by molar-refractivity contribution is 14.0. The van der Waals surface area contributed by atoms with Crippen molar-refractivity contribution in [1.29, 1.82) is 0 Å². The third kappa shape index (κ3) is 5.87. The highest BCUT2D eigenvalue weighted by Crippen LogP contribution is 2.30. The molecule has 2 N–H and O–H groups in total. The largest absolute Gasteiger partial charge is 0.435 e. The molecule has 0 aliphatic rings. The Morgan fingerprint density at radius 3 is 2.66 bits per heavy atom.